The lowest BCUT2D eigenvalue weighted by Gasteiger charge is -2.06. The third-order valence-corrected chi connectivity index (χ3v) is 4.55. The molecule has 0 spiro atoms. The van der Waals surface area contributed by atoms with Crippen molar-refractivity contribution in [2.75, 3.05) is 5.32 Å². The van der Waals surface area contributed by atoms with E-state index in [1.54, 1.807) is 36.7 Å². The summed E-state index contributed by atoms with van der Waals surface area (Å²) in [5, 5.41) is 5.29. The van der Waals surface area contributed by atoms with Gasteiger partial charge in [-0.3, -0.25) is 15.1 Å². The summed E-state index contributed by atoms with van der Waals surface area (Å²) in [6.45, 7) is 0. The average molecular weight is 373 g/mol. The highest BCUT2D eigenvalue weighted by Crippen LogP contribution is 2.25. The van der Waals surface area contributed by atoms with Gasteiger partial charge in [0.1, 0.15) is 11.5 Å². The molecule has 0 bridgehead atoms. The van der Waals surface area contributed by atoms with Gasteiger partial charge in [-0.1, -0.05) is 18.2 Å². The SMILES string of the molecule is O=C(Nc1nc(-c2ccncc2)cs1)c1ccc(Oc2ccccc2)cc1. The lowest BCUT2D eigenvalue weighted by atomic mass is 10.2. The van der Waals surface area contributed by atoms with E-state index in [9.17, 15) is 4.79 Å². The van der Waals surface area contributed by atoms with Crippen LogP contribution in [0, 0.1) is 0 Å². The highest BCUT2D eigenvalue weighted by molar-refractivity contribution is 7.14. The number of carbonyl (C=O) groups is 1. The van der Waals surface area contributed by atoms with Crippen LogP contribution in [-0.4, -0.2) is 15.9 Å². The van der Waals surface area contributed by atoms with Crippen LogP contribution >= 0.6 is 11.3 Å². The van der Waals surface area contributed by atoms with Crippen LogP contribution in [0.5, 0.6) is 11.5 Å². The maximum Gasteiger partial charge on any atom is 0.257 e. The molecule has 0 aliphatic rings. The van der Waals surface area contributed by atoms with Crippen LogP contribution in [0.4, 0.5) is 5.13 Å². The van der Waals surface area contributed by atoms with Crippen LogP contribution in [0.25, 0.3) is 11.3 Å². The van der Waals surface area contributed by atoms with E-state index in [1.165, 1.54) is 11.3 Å². The number of benzene rings is 2. The Hall–Kier alpha value is -3.51. The Kier molecular flexibility index (Phi) is 4.89. The van der Waals surface area contributed by atoms with E-state index in [4.69, 9.17) is 4.74 Å². The highest BCUT2D eigenvalue weighted by Gasteiger charge is 2.10. The molecule has 5 nitrogen and oxygen atoms in total. The van der Waals surface area contributed by atoms with Gasteiger partial charge in [-0.2, -0.15) is 0 Å². The number of thiazole rings is 1. The number of para-hydroxylation sites is 1. The number of ether oxygens (including phenoxy) is 1. The van der Waals surface area contributed by atoms with Crippen molar-refractivity contribution in [2.24, 2.45) is 0 Å². The second-order valence-corrected chi connectivity index (χ2v) is 6.53. The zero-order valence-electron chi connectivity index (χ0n) is 14.2. The molecule has 0 saturated carbocycles. The second kappa shape index (κ2) is 7.80. The number of rotatable bonds is 5. The van der Waals surface area contributed by atoms with Crippen LogP contribution in [0.1, 0.15) is 10.4 Å². The van der Waals surface area contributed by atoms with E-state index >= 15 is 0 Å². The summed E-state index contributed by atoms with van der Waals surface area (Å²) in [6, 6.07) is 20.3. The second-order valence-electron chi connectivity index (χ2n) is 5.67. The summed E-state index contributed by atoms with van der Waals surface area (Å²) in [6.07, 6.45) is 3.43. The van der Waals surface area contributed by atoms with Gasteiger partial charge < -0.3 is 4.74 Å². The van der Waals surface area contributed by atoms with E-state index < -0.39 is 0 Å². The molecule has 2 heterocycles. The van der Waals surface area contributed by atoms with Gasteiger partial charge in [0, 0.05) is 28.9 Å². The average Bonchev–Trinajstić information content (AvgIpc) is 3.18. The van der Waals surface area contributed by atoms with Gasteiger partial charge in [0.2, 0.25) is 0 Å². The molecule has 0 atom stereocenters. The Bertz CT molecular complexity index is 1030. The fourth-order valence-electron chi connectivity index (χ4n) is 2.45. The van der Waals surface area contributed by atoms with Crippen molar-refractivity contribution in [3.05, 3.63) is 90.1 Å². The van der Waals surface area contributed by atoms with Gasteiger partial charge in [0.05, 0.1) is 5.69 Å². The molecule has 2 aromatic heterocycles. The van der Waals surface area contributed by atoms with Gasteiger partial charge in [-0.05, 0) is 48.5 Å². The molecule has 132 valence electrons. The van der Waals surface area contributed by atoms with Crippen LogP contribution < -0.4 is 10.1 Å². The van der Waals surface area contributed by atoms with Crippen LogP contribution in [0.2, 0.25) is 0 Å². The topological polar surface area (TPSA) is 64.1 Å². The van der Waals surface area contributed by atoms with Crippen LogP contribution in [0.15, 0.2) is 84.5 Å². The molecule has 27 heavy (non-hydrogen) atoms. The predicted molar refractivity (Wildman–Crippen MR) is 106 cm³/mol. The van der Waals surface area contributed by atoms with Crippen molar-refractivity contribution in [3.8, 4) is 22.8 Å². The number of aromatic nitrogens is 2. The minimum atomic E-state index is -0.211. The monoisotopic (exact) mass is 373 g/mol. The summed E-state index contributed by atoms with van der Waals surface area (Å²) in [5.74, 6) is 1.21. The number of carbonyl (C=O) groups excluding carboxylic acids is 1. The van der Waals surface area contributed by atoms with E-state index in [0.717, 1.165) is 17.0 Å². The Balaban J connectivity index is 1.42. The fraction of sp³-hybridized carbons (Fsp3) is 0. The normalized spacial score (nSPS) is 10.4. The van der Waals surface area contributed by atoms with Crippen molar-refractivity contribution < 1.29 is 9.53 Å². The Morgan fingerprint density at radius 3 is 2.33 bits per heavy atom. The molecular formula is C21H15N3O2S. The number of pyridine rings is 1. The lowest BCUT2D eigenvalue weighted by molar-refractivity contribution is 0.102. The first-order chi connectivity index (χ1) is 13.3. The zero-order valence-corrected chi connectivity index (χ0v) is 15.0. The number of amides is 1. The van der Waals surface area contributed by atoms with E-state index in [-0.39, 0.29) is 5.91 Å². The smallest absolute Gasteiger partial charge is 0.257 e. The maximum absolute atomic E-state index is 12.4. The maximum atomic E-state index is 12.4. The number of nitrogens with zero attached hydrogens (tertiary/aromatic N) is 2. The lowest BCUT2D eigenvalue weighted by Crippen LogP contribution is -2.11. The van der Waals surface area contributed by atoms with Crippen molar-refractivity contribution in [1.29, 1.82) is 0 Å². The zero-order chi connectivity index (χ0) is 18.5. The molecule has 4 rings (SSSR count). The fourth-order valence-corrected chi connectivity index (χ4v) is 3.17. The van der Waals surface area contributed by atoms with E-state index in [2.05, 4.69) is 15.3 Å². The Morgan fingerprint density at radius 2 is 1.59 bits per heavy atom. The van der Waals surface area contributed by atoms with Crippen molar-refractivity contribution in [3.63, 3.8) is 0 Å². The summed E-state index contributed by atoms with van der Waals surface area (Å²) in [5.41, 5.74) is 2.31. The molecule has 2 aromatic carbocycles. The number of anilines is 1. The summed E-state index contributed by atoms with van der Waals surface area (Å²) < 4.78 is 5.74. The molecule has 0 fully saturated rings. The first-order valence-electron chi connectivity index (χ1n) is 8.28. The Labute approximate surface area is 160 Å². The summed E-state index contributed by atoms with van der Waals surface area (Å²) >= 11 is 1.38. The van der Waals surface area contributed by atoms with Crippen molar-refractivity contribution >= 4 is 22.4 Å². The van der Waals surface area contributed by atoms with Gasteiger partial charge in [-0.15, -0.1) is 11.3 Å². The van der Waals surface area contributed by atoms with E-state index in [1.807, 2.05) is 47.8 Å². The van der Waals surface area contributed by atoms with Gasteiger partial charge >= 0.3 is 0 Å². The minimum Gasteiger partial charge on any atom is -0.457 e. The third-order valence-electron chi connectivity index (χ3n) is 3.80. The molecule has 1 amide bonds. The van der Waals surface area contributed by atoms with Gasteiger partial charge in [0.25, 0.3) is 5.91 Å². The molecule has 0 saturated heterocycles. The summed E-state index contributed by atoms with van der Waals surface area (Å²) in [7, 11) is 0. The van der Waals surface area contributed by atoms with E-state index in [0.29, 0.717) is 16.4 Å². The van der Waals surface area contributed by atoms with Gasteiger partial charge in [0.15, 0.2) is 5.13 Å². The number of hydrogen-bond donors (Lipinski definition) is 1. The standard InChI is InChI=1S/C21H15N3O2S/c25-20(24-21-23-19(14-27-21)15-10-12-22-13-11-15)16-6-8-18(9-7-16)26-17-4-2-1-3-5-17/h1-14H,(H,23,24,25). The number of nitrogens with one attached hydrogen (secondary N) is 1. The largest absolute Gasteiger partial charge is 0.457 e. The quantitative estimate of drug-likeness (QED) is 0.519. The molecule has 0 aliphatic carbocycles. The Morgan fingerprint density at radius 1 is 0.889 bits per heavy atom. The third kappa shape index (κ3) is 4.19. The molecule has 0 radical (unpaired) electrons. The predicted octanol–water partition coefficient (Wildman–Crippen LogP) is 5.25. The van der Waals surface area contributed by atoms with Crippen LogP contribution in [0.3, 0.4) is 0 Å². The molecule has 6 heteroatoms. The molecule has 0 unspecified atom stereocenters. The summed E-state index contributed by atoms with van der Waals surface area (Å²) in [4.78, 5) is 20.9. The van der Waals surface area contributed by atoms with Crippen LogP contribution in [-0.2, 0) is 0 Å². The first kappa shape index (κ1) is 16.9. The highest BCUT2D eigenvalue weighted by atomic mass is 32.1. The molecule has 0 aliphatic heterocycles. The first-order valence-corrected chi connectivity index (χ1v) is 9.16. The minimum absolute atomic E-state index is 0.211. The van der Waals surface area contributed by atoms with Crippen molar-refractivity contribution in [1.82, 2.24) is 9.97 Å². The molecular weight excluding hydrogens is 358 g/mol. The number of hydrogen-bond acceptors (Lipinski definition) is 5. The van der Waals surface area contributed by atoms with Gasteiger partial charge in [-0.25, -0.2) is 4.98 Å². The molecule has 1 N–H and O–H groups in total. The molecule has 4 aromatic rings. The van der Waals surface area contributed by atoms with Crippen molar-refractivity contribution in [2.45, 2.75) is 0 Å².